The zero-order chi connectivity index (χ0) is 23.8. The van der Waals surface area contributed by atoms with E-state index in [9.17, 15) is 9.90 Å². The molecule has 1 N–H and O–H groups in total. The highest BCUT2D eigenvalue weighted by molar-refractivity contribution is 5.69. The van der Waals surface area contributed by atoms with Gasteiger partial charge in [0, 0.05) is 25.7 Å². The number of carbonyl (C=O) groups excluding carboxylic acids is 1. The molecule has 0 aromatic carbocycles. The standard InChI is InChI=1S/C25H40O8/c1-14-10-16(6-7-24(27)28-5)30-19(15(14)2)12-20-17(26)11-21-22(32-20)13-23-18(31-21)8-9-29-25(3,4)33-23/h14,16-23,26H,2,6-13H2,1,3-5H3/t14-,16+,17-,18-,19-,20+,21+,22+,23-/m1/s1. The summed E-state index contributed by atoms with van der Waals surface area (Å²) in [6.45, 7) is 10.9. The maximum absolute atomic E-state index is 11.6. The number of methoxy groups -OCH3 is 1. The van der Waals surface area contributed by atoms with Crippen LogP contribution < -0.4 is 0 Å². The molecule has 4 aliphatic rings. The van der Waals surface area contributed by atoms with Crippen LogP contribution in [0.3, 0.4) is 0 Å². The van der Waals surface area contributed by atoms with Crippen molar-refractivity contribution in [1.29, 1.82) is 0 Å². The van der Waals surface area contributed by atoms with Gasteiger partial charge in [0.1, 0.15) is 0 Å². The molecule has 33 heavy (non-hydrogen) atoms. The van der Waals surface area contributed by atoms with E-state index >= 15 is 0 Å². The third kappa shape index (κ3) is 5.97. The van der Waals surface area contributed by atoms with E-state index in [-0.39, 0.29) is 54.6 Å². The van der Waals surface area contributed by atoms with Gasteiger partial charge < -0.3 is 33.5 Å². The van der Waals surface area contributed by atoms with Crippen LogP contribution in [0.5, 0.6) is 0 Å². The molecule has 4 saturated heterocycles. The zero-order valence-corrected chi connectivity index (χ0v) is 20.4. The number of fused-ring (bicyclic) bond motifs is 2. The summed E-state index contributed by atoms with van der Waals surface area (Å²) < 4.78 is 35.8. The van der Waals surface area contributed by atoms with Crippen molar-refractivity contribution < 1.29 is 38.3 Å². The molecule has 0 aromatic heterocycles. The Hall–Kier alpha value is -1.03. The maximum Gasteiger partial charge on any atom is 0.305 e. The van der Waals surface area contributed by atoms with Crippen LogP contribution in [0.25, 0.3) is 0 Å². The van der Waals surface area contributed by atoms with Gasteiger partial charge in [-0.15, -0.1) is 0 Å². The Morgan fingerprint density at radius 2 is 1.88 bits per heavy atom. The van der Waals surface area contributed by atoms with Gasteiger partial charge in [0.2, 0.25) is 0 Å². The molecule has 0 radical (unpaired) electrons. The Bertz CT molecular complexity index is 709. The highest BCUT2D eigenvalue weighted by Gasteiger charge is 2.48. The first-order valence-corrected chi connectivity index (χ1v) is 12.4. The molecule has 0 saturated carbocycles. The van der Waals surface area contributed by atoms with Crippen LogP contribution in [0.1, 0.15) is 65.7 Å². The molecule has 0 spiro atoms. The number of esters is 1. The van der Waals surface area contributed by atoms with E-state index in [2.05, 4.69) is 13.5 Å². The minimum atomic E-state index is -0.647. The van der Waals surface area contributed by atoms with Crippen LogP contribution in [-0.2, 0) is 33.2 Å². The van der Waals surface area contributed by atoms with Gasteiger partial charge in [-0.25, -0.2) is 0 Å². The third-order valence-corrected chi connectivity index (χ3v) is 7.55. The fourth-order valence-corrected chi connectivity index (χ4v) is 5.62. The number of ether oxygens (including phenoxy) is 6. The Morgan fingerprint density at radius 1 is 1.12 bits per heavy atom. The van der Waals surface area contributed by atoms with Crippen LogP contribution >= 0.6 is 0 Å². The monoisotopic (exact) mass is 468 g/mol. The van der Waals surface area contributed by atoms with E-state index in [1.165, 1.54) is 7.11 Å². The van der Waals surface area contributed by atoms with E-state index in [0.29, 0.717) is 32.3 Å². The first kappa shape index (κ1) is 25.1. The van der Waals surface area contributed by atoms with Crippen molar-refractivity contribution >= 4 is 5.97 Å². The molecule has 4 rings (SSSR count). The van der Waals surface area contributed by atoms with E-state index in [4.69, 9.17) is 28.4 Å². The van der Waals surface area contributed by atoms with Crippen LogP contribution in [0, 0.1) is 5.92 Å². The lowest BCUT2D eigenvalue weighted by atomic mass is 9.83. The molecule has 9 atom stereocenters. The van der Waals surface area contributed by atoms with Crippen molar-refractivity contribution in [2.45, 2.75) is 120 Å². The fourth-order valence-electron chi connectivity index (χ4n) is 5.62. The van der Waals surface area contributed by atoms with Gasteiger partial charge >= 0.3 is 5.97 Å². The van der Waals surface area contributed by atoms with Crippen LogP contribution in [-0.4, -0.2) is 79.4 Å². The topological polar surface area (TPSA) is 92.7 Å². The molecule has 4 fully saturated rings. The summed E-state index contributed by atoms with van der Waals surface area (Å²) >= 11 is 0. The second kappa shape index (κ2) is 10.3. The van der Waals surface area contributed by atoms with E-state index in [1.807, 2.05) is 13.8 Å². The molecule has 188 valence electrons. The number of aliphatic hydroxyl groups is 1. The van der Waals surface area contributed by atoms with Crippen molar-refractivity contribution in [1.82, 2.24) is 0 Å². The Balaban J connectivity index is 1.37. The SMILES string of the molecule is C=C1[C@H](C)C[C@H](CCC(=O)OC)O[C@@H]1C[C@@H]1O[C@H]2C[C@H]3OC(C)(C)OCC[C@H]3O[C@H]2C[C@H]1O. The van der Waals surface area contributed by atoms with Gasteiger partial charge in [-0.05, 0) is 44.6 Å². The molecule has 0 unspecified atom stereocenters. The molecule has 4 heterocycles. The molecule has 8 heteroatoms. The Morgan fingerprint density at radius 3 is 2.64 bits per heavy atom. The predicted molar refractivity (Wildman–Crippen MR) is 120 cm³/mol. The number of carbonyl (C=O) groups is 1. The van der Waals surface area contributed by atoms with Crippen molar-refractivity contribution in [3.8, 4) is 0 Å². The van der Waals surface area contributed by atoms with E-state index in [1.54, 1.807) is 0 Å². The fraction of sp³-hybridized carbons (Fsp3) is 0.880. The minimum absolute atomic E-state index is 0.0384. The summed E-state index contributed by atoms with van der Waals surface area (Å²) in [5, 5.41) is 10.9. The number of hydrogen-bond donors (Lipinski definition) is 1. The third-order valence-electron chi connectivity index (χ3n) is 7.55. The largest absolute Gasteiger partial charge is 0.469 e. The quantitative estimate of drug-likeness (QED) is 0.486. The first-order chi connectivity index (χ1) is 15.6. The number of hydrogen-bond acceptors (Lipinski definition) is 8. The van der Waals surface area contributed by atoms with Gasteiger partial charge in [-0.2, -0.15) is 0 Å². The van der Waals surface area contributed by atoms with E-state index < -0.39 is 11.9 Å². The average Bonchev–Trinajstić information content (AvgIpc) is 2.90. The number of aliphatic hydroxyl groups excluding tert-OH is 1. The van der Waals surface area contributed by atoms with Gasteiger partial charge in [0.15, 0.2) is 5.79 Å². The Labute approximate surface area is 196 Å². The van der Waals surface area contributed by atoms with Crippen molar-refractivity contribution in [3.63, 3.8) is 0 Å². The van der Waals surface area contributed by atoms with Gasteiger partial charge in [-0.1, -0.05) is 13.5 Å². The minimum Gasteiger partial charge on any atom is -0.469 e. The van der Waals surface area contributed by atoms with Gasteiger partial charge in [0.25, 0.3) is 0 Å². The molecule has 4 aliphatic heterocycles. The summed E-state index contributed by atoms with van der Waals surface area (Å²) in [6, 6.07) is 0. The number of rotatable bonds is 5. The lowest BCUT2D eigenvalue weighted by Gasteiger charge is -2.48. The second-order valence-corrected chi connectivity index (χ2v) is 10.5. The summed E-state index contributed by atoms with van der Waals surface area (Å²) in [4.78, 5) is 11.6. The Kier molecular flexibility index (Phi) is 7.83. The van der Waals surface area contributed by atoms with Crippen molar-refractivity contribution in [3.05, 3.63) is 12.2 Å². The predicted octanol–water partition coefficient (Wildman–Crippen LogP) is 2.90. The molecule has 0 aromatic rings. The van der Waals surface area contributed by atoms with Crippen LogP contribution in [0.15, 0.2) is 12.2 Å². The van der Waals surface area contributed by atoms with Gasteiger partial charge in [0.05, 0.1) is 62.5 Å². The molecular formula is C25H40O8. The normalized spacial score (nSPS) is 43.2. The molecule has 8 nitrogen and oxygen atoms in total. The lowest BCUT2D eigenvalue weighted by Crippen LogP contribution is -2.57. The first-order valence-electron chi connectivity index (χ1n) is 12.4. The van der Waals surface area contributed by atoms with Gasteiger partial charge in [-0.3, -0.25) is 4.79 Å². The molecule has 0 amide bonds. The molecule has 0 aliphatic carbocycles. The van der Waals surface area contributed by atoms with Crippen molar-refractivity contribution in [2.75, 3.05) is 13.7 Å². The average molecular weight is 469 g/mol. The molecular weight excluding hydrogens is 428 g/mol. The highest BCUT2D eigenvalue weighted by Crippen LogP contribution is 2.40. The van der Waals surface area contributed by atoms with Crippen LogP contribution in [0.4, 0.5) is 0 Å². The van der Waals surface area contributed by atoms with E-state index in [0.717, 1.165) is 24.8 Å². The summed E-state index contributed by atoms with van der Waals surface area (Å²) in [7, 11) is 1.40. The van der Waals surface area contributed by atoms with Crippen LogP contribution in [0.2, 0.25) is 0 Å². The highest BCUT2D eigenvalue weighted by atomic mass is 16.7. The second-order valence-electron chi connectivity index (χ2n) is 10.5. The smallest absolute Gasteiger partial charge is 0.305 e. The zero-order valence-electron chi connectivity index (χ0n) is 20.4. The maximum atomic E-state index is 11.6. The molecule has 0 bridgehead atoms. The van der Waals surface area contributed by atoms with Crippen molar-refractivity contribution in [2.24, 2.45) is 5.92 Å². The summed E-state index contributed by atoms with van der Waals surface area (Å²) in [5.41, 5.74) is 1.02. The summed E-state index contributed by atoms with van der Waals surface area (Å²) in [5.74, 6) is -0.596. The lowest BCUT2D eigenvalue weighted by molar-refractivity contribution is -0.283. The summed E-state index contributed by atoms with van der Waals surface area (Å²) in [6.07, 6.45) is 2.66.